The second-order valence-electron chi connectivity index (χ2n) is 3.51. The van der Waals surface area contributed by atoms with Gasteiger partial charge in [-0.3, -0.25) is 4.79 Å². The minimum Gasteiger partial charge on any atom is -0.469 e. The molecular weight excluding hydrogens is 174 g/mol. The zero-order valence-corrected chi connectivity index (χ0v) is 8.11. The molecule has 1 N–H and O–H groups in total. The second-order valence-corrected chi connectivity index (χ2v) is 3.51. The molecule has 0 aromatic carbocycles. The molecule has 13 heavy (non-hydrogen) atoms. The molecule has 5 heteroatoms. The van der Waals surface area contributed by atoms with Gasteiger partial charge in [-0.1, -0.05) is 5.18 Å². The molecule has 76 valence electrons. The van der Waals surface area contributed by atoms with Gasteiger partial charge in [0.25, 0.3) is 0 Å². The summed E-state index contributed by atoms with van der Waals surface area (Å²) < 4.78 is 4.45. The van der Waals surface area contributed by atoms with E-state index in [9.17, 15) is 9.70 Å². The molecule has 5 nitrogen and oxygen atoms in total. The quantitative estimate of drug-likeness (QED) is 0.510. The van der Waals surface area contributed by atoms with Crippen LogP contribution in [0.25, 0.3) is 0 Å². The monoisotopic (exact) mass is 189 g/mol. The van der Waals surface area contributed by atoms with Crippen LogP contribution in [0.1, 0.15) is 20.3 Å². The summed E-state index contributed by atoms with van der Waals surface area (Å²) in [5.74, 6) is -1.18. The van der Waals surface area contributed by atoms with Crippen molar-refractivity contribution in [2.24, 2.45) is 11.1 Å². The summed E-state index contributed by atoms with van der Waals surface area (Å²) in [6, 6.07) is 0. The Balaban J connectivity index is 4.28. The molecule has 0 amide bonds. The highest BCUT2D eigenvalue weighted by atomic mass is 16.5. The van der Waals surface area contributed by atoms with Crippen LogP contribution in [0.2, 0.25) is 0 Å². The molecule has 1 unspecified atom stereocenters. The number of carbonyl (C=O) groups is 1. The van der Waals surface area contributed by atoms with Crippen LogP contribution in [0.15, 0.2) is 5.18 Å². The highest BCUT2D eigenvalue weighted by Crippen LogP contribution is 2.20. The van der Waals surface area contributed by atoms with Gasteiger partial charge < -0.3 is 9.84 Å². The molecule has 0 fully saturated rings. The van der Waals surface area contributed by atoms with Crippen LogP contribution in [0, 0.1) is 10.8 Å². The lowest BCUT2D eigenvalue weighted by molar-refractivity contribution is -0.147. The van der Waals surface area contributed by atoms with Crippen molar-refractivity contribution in [2.75, 3.05) is 13.7 Å². The van der Waals surface area contributed by atoms with E-state index in [0.29, 0.717) is 0 Å². The lowest BCUT2D eigenvalue weighted by Gasteiger charge is -2.19. The number of methoxy groups -OCH3 is 1. The summed E-state index contributed by atoms with van der Waals surface area (Å²) >= 11 is 0. The van der Waals surface area contributed by atoms with Crippen molar-refractivity contribution < 1.29 is 14.6 Å². The number of hydrogen-bond acceptors (Lipinski definition) is 5. The molecule has 0 saturated carbocycles. The lowest BCUT2D eigenvalue weighted by atomic mass is 9.92. The maximum atomic E-state index is 11.0. The first-order chi connectivity index (χ1) is 5.96. The molecule has 0 saturated heterocycles. The summed E-state index contributed by atoms with van der Waals surface area (Å²) in [5, 5.41) is 11.7. The predicted octanol–water partition coefficient (Wildman–Crippen LogP) is 0.703. The average molecular weight is 189 g/mol. The van der Waals surface area contributed by atoms with Crippen LogP contribution in [-0.4, -0.2) is 30.3 Å². The normalized spacial score (nSPS) is 13.5. The topological polar surface area (TPSA) is 76.0 Å². The fourth-order valence-corrected chi connectivity index (χ4v) is 1.03. The van der Waals surface area contributed by atoms with Gasteiger partial charge >= 0.3 is 5.97 Å². The SMILES string of the molecule is COC(=O)C(CO)CC(C)(C)N=O. The summed E-state index contributed by atoms with van der Waals surface area (Å²) in [6.07, 6.45) is 0.194. The van der Waals surface area contributed by atoms with Crippen molar-refractivity contribution in [3.63, 3.8) is 0 Å². The van der Waals surface area contributed by atoms with E-state index in [1.165, 1.54) is 7.11 Å². The van der Waals surface area contributed by atoms with Crippen molar-refractivity contribution in [1.29, 1.82) is 0 Å². The number of carbonyl (C=O) groups excluding carboxylic acids is 1. The zero-order valence-electron chi connectivity index (χ0n) is 8.11. The number of hydrogen-bond donors (Lipinski definition) is 1. The van der Waals surface area contributed by atoms with E-state index in [1.54, 1.807) is 13.8 Å². The van der Waals surface area contributed by atoms with Crippen molar-refractivity contribution >= 4 is 5.97 Å². The summed E-state index contributed by atoms with van der Waals surface area (Å²) in [4.78, 5) is 21.3. The number of aliphatic hydroxyl groups is 1. The number of nitroso groups, excluding NO2 is 1. The van der Waals surface area contributed by atoms with E-state index >= 15 is 0 Å². The van der Waals surface area contributed by atoms with Crippen LogP contribution in [0.4, 0.5) is 0 Å². The van der Waals surface area contributed by atoms with Crippen LogP contribution in [0.5, 0.6) is 0 Å². The van der Waals surface area contributed by atoms with E-state index in [2.05, 4.69) is 9.91 Å². The van der Waals surface area contributed by atoms with Crippen molar-refractivity contribution in [2.45, 2.75) is 25.8 Å². The van der Waals surface area contributed by atoms with Gasteiger partial charge in [-0.15, -0.1) is 0 Å². The largest absolute Gasteiger partial charge is 0.469 e. The molecule has 0 aliphatic heterocycles. The van der Waals surface area contributed by atoms with Gasteiger partial charge in [0.05, 0.1) is 25.2 Å². The number of ether oxygens (including phenoxy) is 1. The molecule has 0 aliphatic rings. The molecule has 0 rings (SSSR count). The molecule has 0 aliphatic carbocycles. The Labute approximate surface area is 77.1 Å². The van der Waals surface area contributed by atoms with Crippen molar-refractivity contribution in [3.05, 3.63) is 4.91 Å². The highest BCUT2D eigenvalue weighted by Gasteiger charge is 2.28. The first-order valence-electron chi connectivity index (χ1n) is 4.00. The molecule has 0 bridgehead atoms. The van der Waals surface area contributed by atoms with E-state index in [-0.39, 0.29) is 13.0 Å². The minimum absolute atomic E-state index is 0.194. The van der Waals surface area contributed by atoms with Crippen molar-refractivity contribution in [1.82, 2.24) is 0 Å². The number of esters is 1. The van der Waals surface area contributed by atoms with Crippen LogP contribution >= 0.6 is 0 Å². The fourth-order valence-electron chi connectivity index (χ4n) is 1.03. The Morgan fingerprint density at radius 2 is 2.15 bits per heavy atom. The predicted molar refractivity (Wildman–Crippen MR) is 47.1 cm³/mol. The summed E-state index contributed by atoms with van der Waals surface area (Å²) in [5.41, 5.74) is -0.846. The third kappa shape index (κ3) is 3.98. The molecule has 0 aromatic rings. The fraction of sp³-hybridized carbons (Fsp3) is 0.875. The van der Waals surface area contributed by atoms with Gasteiger partial charge in [0.15, 0.2) is 0 Å². The Bertz CT molecular complexity index is 191. The Morgan fingerprint density at radius 3 is 2.46 bits per heavy atom. The van der Waals surface area contributed by atoms with E-state index in [1.807, 2.05) is 0 Å². The van der Waals surface area contributed by atoms with Gasteiger partial charge in [0, 0.05) is 0 Å². The third-order valence-electron chi connectivity index (χ3n) is 1.75. The second kappa shape index (κ2) is 4.91. The van der Waals surface area contributed by atoms with Gasteiger partial charge in [0.2, 0.25) is 0 Å². The first-order valence-corrected chi connectivity index (χ1v) is 4.00. The Kier molecular flexibility index (Phi) is 4.55. The maximum Gasteiger partial charge on any atom is 0.311 e. The molecule has 0 spiro atoms. The van der Waals surface area contributed by atoms with Crippen LogP contribution in [-0.2, 0) is 9.53 Å². The van der Waals surface area contributed by atoms with Crippen molar-refractivity contribution in [3.8, 4) is 0 Å². The number of nitrogens with zero attached hydrogens (tertiary/aromatic N) is 1. The number of rotatable bonds is 5. The zero-order chi connectivity index (χ0) is 10.5. The highest BCUT2D eigenvalue weighted by molar-refractivity contribution is 5.72. The average Bonchev–Trinajstić information content (AvgIpc) is 2.13. The summed E-state index contributed by atoms with van der Waals surface area (Å²) in [7, 11) is 1.24. The maximum absolute atomic E-state index is 11.0. The van der Waals surface area contributed by atoms with Gasteiger partial charge in [-0.05, 0) is 20.3 Å². The Hall–Kier alpha value is -0.970. The van der Waals surface area contributed by atoms with Gasteiger partial charge in [-0.2, -0.15) is 4.91 Å². The number of aliphatic hydroxyl groups excluding tert-OH is 1. The first kappa shape index (κ1) is 12.0. The summed E-state index contributed by atoms with van der Waals surface area (Å²) in [6.45, 7) is 2.88. The minimum atomic E-state index is -0.846. The lowest BCUT2D eigenvalue weighted by Crippen LogP contribution is -2.29. The molecule has 0 radical (unpaired) electrons. The molecule has 1 atom stereocenters. The molecule has 0 heterocycles. The van der Waals surface area contributed by atoms with Crippen LogP contribution < -0.4 is 0 Å². The smallest absolute Gasteiger partial charge is 0.311 e. The molecular formula is C8H15NO4. The Morgan fingerprint density at radius 1 is 1.62 bits per heavy atom. The van der Waals surface area contributed by atoms with Crippen LogP contribution in [0.3, 0.4) is 0 Å². The van der Waals surface area contributed by atoms with E-state index in [4.69, 9.17) is 5.11 Å². The third-order valence-corrected chi connectivity index (χ3v) is 1.75. The van der Waals surface area contributed by atoms with E-state index < -0.39 is 17.4 Å². The van der Waals surface area contributed by atoms with Gasteiger partial charge in [-0.25, -0.2) is 0 Å². The standard InChI is InChI=1S/C8H15NO4/c1-8(2,9-12)4-6(5-10)7(11)13-3/h6,10H,4-5H2,1-3H3. The van der Waals surface area contributed by atoms with E-state index in [0.717, 1.165) is 0 Å². The molecule has 0 aromatic heterocycles. The van der Waals surface area contributed by atoms with Gasteiger partial charge in [0.1, 0.15) is 0 Å².